The fourth-order valence-electron chi connectivity index (χ4n) is 5.29. The van der Waals surface area contributed by atoms with Crippen molar-refractivity contribution in [2.75, 3.05) is 0 Å². The molecule has 36 nitrogen and oxygen atoms in total. The van der Waals surface area contributed by atoms with Gasteiger partial charge in [0.25, 0.3) is 0 Å². The first kappa shape index (κ1) is 35.6. The van der Waals surface area contributed by atoms with Gasteiger partial charge in [-0.15, -0.1) is 21.7 Å². The standard InChI is InChI=1S/4C2H2N5O4.Al.K/c4*8-6(9)1-3-2(5-4-1)7(10)11;;/h4*4H,(H,3,5);;/q;;;;-1;+1. The molecule has 240 valence electrons. The van der Waals surface area contributed by atoms with E-state index in [4.69, 9.17) is 0 Å². The molecule has 0 amide bonds. The molecule has 4 heterocycles. The van der Waals surface area contributed by atoms with Crippen molar-refractivity contribution in [3.8, 4) is 0 Å². The van der Waals surface area contributed by atoms with Gasteiger partial charge in [0.05, 0.1) is 0 Å². The molecule has 4 atom stereocenters. The van der Waals surface area contributed by atoms with Crippen LogP contribution in [0.1, 0.15) is 0 Å². The monoisotopic (exact) mass is 706 g/mol. The molecule has 46 heavy (non-hydrogen) atoms. The molecule has 0 aliphatic carbocycles. The van der Waals surface area contributed by atoms with Gasteiger partial charge in [0.1, 0.15) is 0 Å². The molecule has 4 unspecified atom stereocenters. The molecule has 4 aliphatic rings. The molecule has 0 aromatic rings. The summed E-state index contributed by atoms with van der Waals surface area (Å²) in [7, 11) is 0. The van der Waals surface area contributed by atoms with Crippen LogP contribution in [0.4, 0.5) is 0 Å². The van der Waals surface area contributed by atoms with Crippen LogP contribution < -0.4 is 94.8 Å². The fraction of sp³-hybridized carbons (Fsp3) is 0.500. The summed E-state index contributed by atoms with van der Waals surface area (Å²) in [4.78, 5) is 96.4. The van der Waals surface area contributed by atoms with E-state index in [0.717, 1.165) is 0 Å². The number of hydrogen-bond acceptors (Lipinski definition) is 28. The summed E-state index contributed by atoms with van der Waals surface area (Å²) >= 11 is -8.25. The maximum Gasteiger partial charge on any atom is 1.00 e. The Kier molecular flexibility index (Phi) is 8.87. The van der Waals surface area contributed by atoms with Crippen molar-refractivity contribution in [3.63, 3.8) is 0 Å². The van der Waals surface area contributed by atoms with Crippen molar-refractivity contribution in [1.82, 2.24) is 43.4 Å². The van der Waals surface area contributed by atoms with Gasteiger partial charge in [0.2, 0.25) is 0 Å². The minimum atomic E-state index is -8.25. The van der Waals surface area contributed by atoms with Crippen molar-refractivity contribution in [2.45, 2.75) is 18.6 Å². The van der Waals surface area contributed by atoms with Crippen LogP contribution in [-0.2, 0) is 0 Å². The van der Waals surface area contributed by atoms with Gasteiger partial charge in [-0.2, -0.15) is 21.7 Å². The van der Waals surface area contributed by atoms with E-state index in [1.165, 1.54) is 43.4 Å². The van der Waals surface area contributed by atoms with Gasteiger partial charge in [0.15, 0.2) is 0 Å². The van der Waals surface area contributed by atoms with Gasteiger partial charge in [-0.1, -0.05) is 20.0 Å². The Labute approximate surface area is 288 Å². The largest absolute Gasteiger partial charge is 1.00 e. The second-order valence-corrected chi connectivity index (χ2v) is 13.5. The Bertz CT molecular complexity index is 1410. The molecule has 0 radical (unpaired) electrons. The summed E-state index contributed by atoms with van der Waals surface area (Å²) in [5.74, 6) is -7.37. The van der Waals surface area contributed by atoms with Crippen molar-refractivity contribution >= 4 is 36.9 Å². The molecule has 4 aliphatic heterocycles. The summed E-state index contributed by atoms with van der Waals surface area (Å²) in [5.41, 5.74) is 11.2. The topological polar surface area (TPSA) is 491 Å². The molecule has 0 fully saturated rings. The molecule has 0 aromatic carbocycles. The first-order valence-electron chi connectivity index (χ1n) is 10.7. The van der Waals surface area contributed by atoms with Gasteiger partial charge in [-0.25, -0.2) is 0 Å². The van der Waals surface area contributed by atoms with E-state index in [9.17, 15) is 80.9 Å². The van der Waals surface area contributed by atoms with Crippen molar-refractivity contribution < 1.29 is 90.8 Å². The molecule has 0 spiro atoms. The molecule has 0 saturated carbocycles. The first-order chi connectivity index (χ1) is 20.8. The van der Waals surface area contributed by atoms with Crippen molar-refractivity contribution in [2.24, 2.45) is 20.0 Å². The third-order valence-corrected chi connectivity index (χ3v) is 13.5. The number of rotatable bonds is 8. The Morgan fingerprint density at radius 3 is 0.696 bits per heavy atom. The molecule has 0 saturated heterocycles. The first-order valence-corrected chi connectivity index (χ1v) is 13.0. The van der Waals surface area contributed by atoms with E-state index < -0.39 is 94.9 Å². The SMILES string of the molecule is O=[N+]([O-])C1=N[C]([N+](=O)[O-])([Al-]([C]2([N+](=O)[O-])N=C([N+](=O)[O-])NN2)([C]2([N+](=O)[O-])N=C([N+](=O)[O-])NN2)[C]2([N+](=O)[O-])N=C([N+](=O)[O-])NN2)NN1.[K+]. The van der Waals surface area contributed by atoms with Crippen LogP contribution in [0.15, 0.2) is 20.0 Å². The van der Waals surface area contributed by atoms with E-state index >= 15 is 0 Å². The van der Waals surface area contributed by atoms with Crippen LogP contribution in [0.3, 0.4) is 0 Å². The minimum Gasteiger partial charge on any atom is -0.390 e. The van der Waals surface area contributed by atoms with Gasteiger partial charge in [-0.05, 0) is 19.7 Å². The maximum absolute atomic E-state index is 13.0. The normalized spacial score (nSPS) is 30.6. The number of nitrogens with one attached hydrogen (secondary N) is 8. The molecular formula is C8H8AlKN20O16. The Morgan fingerprint density at radius 2 is 0.587 bits per heavy atom. The van der Waals surface area contributed by atoms with Gasteiger partial charge in [-0.3, -0.25) is 40.5 Å². The predicted molar refractivity (Wildman–Crippen MR) is 127 cm³/mol. The summed E-state index contributed by atoms with van der Waals surface area (Å²) in [6.07, 6.45) is 0. The third kappa shape index (κ3) is 4.28. The Hall–Kier alpha value is -4.91. The molecular weight excluding hydrogens is 698 g/mol. The Balaban J connectivity index is 0.00000576. The smallest absolute Gasteiger partial charge is 0.390 e. The second-order valence-electron chi connectivity index (χ2n) is 8.57. The van der Waals surface area contributed by atoms with Crippen molar-refractivity contribution in [3.05, 3.63) is 80.9 Å². The molecule has 0 aromatic heterocycles. The van der Waals surface area contributed by atoms with E-state index in [1.54, 1.807) is 0 Å². The number of nitro groups is 8. The van der Waals surface area contributed by atoms with Crippen LogP contribution in [0.5, 0.6) is 0 Å². The van der Waals surface area contributed by atoms with Gasteiger partial charge >= 0.3 is 107 Å². The number of hydrogen-bond donors (Lipinski definition) is 8. The number of hydrazine groups is 4. The van der Waals surface area contributed by atoms with E-state index in [0.29, 0.717) is 0 Å². The maximum atomic E-state index is 13.0. The van der Waals surface area contributed by atoms with E-state index in [-0.39, 0.29) is 51.4 Å². The third-order valence-electron chi connectivity index (χ3n) is 6.76. The Morgan fingerprint density at radius 1 is 0.413 bits per heavy atom. The number of nitrogens with zero attached hydrogens (tertiary/aromatic N) is 12. The second kappa shape index (κ2) is 11.5. The van der Waals surface area contributed by atoms with Gasteiger partial charge < -0.3 is 40.5 Å². The average Bonchev–Trinajstić information content (AvgIpc) is 3.75. The van der Waals surface area contributed by atoms with Gasteiger partial charge in [0, 0.05) is 19.7 Å². The summed E-state index contributed by atoms with van der Waals surface area (Å²) in [6, 6.07) is 0. The molecule has 8 N–H and O–H groups in total. The predicted octanol–water partition coefficient (Wildman–Crippen LogP) is -10.7. The van der Waals surface area contributed by atoms with Crippen LogP contribution >= 0.6 is 0 Å². The number of aliphatic imine (C=N–C) groups is 4. The van der Waals surface area contributed by atoms with Crippen LogP contribution in [0.2, 0.25) is 0 Å². The summed E-state index contributed by atoms with van der Waals surface area (Å²) in [5, 5.41) is 98.4. The van der Waals surface area contributed by atoms with E-state index in [1.807, 2.05) is 0 Å². The minimum absolute atomic E-state index is 0. The fourth-order valence-corrected chi connectivity index (χ4v) is 12.3. The molecule has 4 rings (SSSR count). The van der Waals surface area contributed by atoms with Crippen LogP contribution in [0.25, 0.3) is 0 Å². The number of guanidine groups is 4. The molecule has 0 bridgehead atoms. The zero-order valence-corrected chi connectivity index (χ0v) is 25.8. The average molecular weight is 706 g/mol. The zero-order chi connectivity index (χ0) is 33.9. The van der Waals surface area contributed by atoms with Crippen LogP contribution in [-0.4, -0.2) is 94.9 Å². The summed E-state index contributed by atoms with van der Waals surface area (Å²) in [6.45, 7) is 0. The summed E-state index contributed by atoms with van der Waals surface area (Å²) < 4.78 is -18.2. The van der Waals surface area contributed by atoms with E-state index in [2.05, 4.69) is 20.0 Å². The van der Waals surface area contributed by atoms with Crippen LogP contribution in [0, 0.1) is 80.9 Å². The van der Waals surface area contributed by atoms with Crippen molar-refractivity contribution in [1.29, 1.82) is 0 Å². The molecule has 38 heteroatoms. The quantitative estimate of drug-likeness (QED) is 0.0659. The zero-order valence-electron chi connectivity index (χ0n) is 21.5.